The van der Waals surface area contributed by atoms with Crippen LogP contribution in [0.4, 0.5) is 0 Å². The van der Waals surface area contributed by atoms with Crippen molar-refractivity contribution in [2.45, 2.75) is 6.92 Å². The SMILES string of the molecule is CCOC(=O)c1ccc2occc2n1. The van der Waals surface area contributed by atoms with E-state index in [-0.39, 0.29) is 0 Å². The van der Waals surface area contributed by atoms with E-state index in [9.17, 15) is 4.79 Å². The molecule has 0 aromatic carbocycles. The predicted molar refractivity (Wildman–Crippen MR) is 50.0 cm³/mol. The summed E-state index contributed by atoms with van der Waals surface area (Å²) in [6.45, 7) is 2.11. The van der Waals surface area contributed by atoms with Crippen molar-refractivity contribution in [2.75, 3.05) is 6.61 Å². The predicted octanol–water partition coefficient (Wildman–Crippen LogP) is 2.00. The summed E-state index contributed by atoms with van der Waals surface area (Å²) in [7, 11) is 0. The molecule has 2 aromatic rings. The Kier molecular flexibility index (Phi) is 2.18. The fourth-order valence-electron chi connectivity index (χ4n) is 1.17. The Hall–Kier alpha value is -1.84. The molecular weight excluding hydrogens is 182 g/mol. The molecule has 4 nitrogen and oxygen atoms in total. The van der Waals surface area contributed by atoms with Gasteiger partial charge in [0.2, 0.25) is 0 Å². The average molecular weight is 191 g/mol. The van der Waals surface area contributed by atoms with E-state index in [0.717, 1.165) is 0 Å². The van der Waals surface area contributed by atoms with E-state index in [4.69, 9.17) is 9.15 Å². The largest absolute Gasteiger partial charge is 0.463 e. The smallest absolute Gasteiger partial charge is 0.356 e. The van der Waals surface area contributed by atoms with Gasteiger partial charge in [-0.15, -0.1) is 0 Å². The standard InChI is InChI=1S/C10H9NO3/c1-2-13-10(12)8-3-4-9-7(11-8)5-6-14-9/h3-6H,2H2,1H3. The third-order valence-electron chi connectivity index (χ3n) is 1.79. The second kappa shape index (κ2) is 3.49. The number of hydrogen-bond acceptors (Lipinski definition) is 4. The summed E-state index contributed by atoms with van der Waals surface area (Å²) in [4.78, 5) is 15.4. The Bertz CT molecular complexity index is 461. The molecule has 0 saturated carbocycles. The lowest BCUT2D eigenvalue weighted by molar-refractivity contribution is 0.0520. The van der Waals surface area contributed by atoms with Crippen LogP contribution in [0.15, 0.2) is 28.9 Å². The highest BCUT2D eigenvalue weighted by Crippen LogP contribution is 2.13. The van der Waals surface area contributed by atoms with E-state index in [2.05, 4.69) is 4.98 Å². The molecule has 0 fully saturated rings. The van der Waals surface area contributed by atoms with Gasteiger partial charge in [0, 0.05) is 6.07 Å². The molecule has 0 saturated heterocycles. The van der Waals surface area contributed by atoms with Crippen molar-refractivity contribution in [1.82, 2.24) is 4.98 Å². The highest BCUT2D eigenvalue weighted by molar-refractivity contribution is 5.89. The first kappa shape index (κ1) is 8.74. The maximum absolute atomic E-state index is 11.3. The Labute approximate surface area is 80.5 Å². The first-order valence-electron chi connectivity index (χ1n) is 4.32. The van der Waals surface area contributed by atoms with E-state index < -0.39 is 5.97 Å². The van der Waals surface area contributed by atoms with Gasteiger partial charge in [-0.1, -0.05) is 0 Å². The molecule has 0 radical (unpaired) electrons. The number of nitrogens with zero attached hydrogens (tertiary/aromatic N) is 1. The summed E-state index contributed by atoms with van der Waals surface area (Å²) in [5.41, 5.74) is 1.63. The highest BCUT2D eigenvalue weighted by atomic mass is 16.5. The second-order valence-electron chi connectivity index (χ2n) is 2.72. The lowest BCUT2D eigenvalue weighted by Gasteiger charge is -1.99. The molecule has 2 heterocycles. The molecule has 0 aliphatic carbocycles. The van der Waals surface area contributed by atoms with E-state index in [1.54, 1.807) is 25.1 Å². The lowest BCUT2D eigenvalue weighted by atomic mass is 10.3. The highest BCUT2D eigenvalue weighted by Gasteiger charge is 2.09. The van der Waals surface area contributed by atoms with Crippen LogP contribution in [0.2, 0.25) is 0 Å². The summed E-state index contributed by atoms with van der Waals surface area (Å²) in [5, 5.41) is 0. The van der Waals surface area contributed by atoms with Gasteiger partial charge in [-0.05, 0) is 19.1 Å². The Morgan fingerprint density at radius 3 is 3.14 bits per heavy atom. The Morgan fingerprint density at radius 2 is 2.36 bits per heavy atom. The van der Waals surface area contributed by atoms with Gasteiger partial charge >= 0.3 is 5.97 Å². The fraction of sp³-hybridized carbons (Fsp3) is 0.200. The molecule has 0 bridgehead atoms. The minimum atomic E-state index is -0.407. The zero-order chi connectivity index (χ0) is 9.97. The second-order valence-corrected chi connectivity index (χ2v) is 2.72. The molecule has 14 heavy (non-hydrogen) atoms. The molecule has 2 aromatic heterocycles. The molecule has 0 spiro atoms. The van der Waals surface area contributed by atoms with Gasteiger partial charge < -0.3 is 9.15 Å². The van der Waals surface area contributed by atoms with Gasteiger partial charge in [-0.25, -0.2) is 9.78 Å². The average Bonchev–Trinajstić information content (AvgIpc) is 2.64. The number of carbonyl (C=O) groups is 1. The van der Waals surface area contributed by atoms with Crippen LogP contribution in [0, 0.1) is 0 Å². The molecule has 72 valence electrons. The summed E-state index contributed by atoms with van der Waals surface area (Å²) in [6.07, 6.45) is 1.53. The van der Waals surface area contributed by atoms with Crippen LogP contribution in [-0.2, 0) is 4.74 Å². The number of rotatable bonds is 2. The number of carbonyl (C=O) groups excluding carboxylic acids is 1. The molecule has 0 aliphatic heterocycles. The van der Waals surface area contributed by atoms with Gasteiger partial charge in [0.15, 0.2) is 5.58 Å². The van der Waals surface area contributed by atoms with Gasteiger partial charge in [-0.2, -0.15) is 0 Å². The summed E-state index contributed by atoms with van der Waals surface area (Å²) in [5.74, 6) is -0.407. The maximum atomic E-state index is 11.3. The summed E-state index contributed by atoms with van der Waals surface area (Å²) in [6, 6.07) is 5.00. The number of ether oxygens (including phenoxy) is 1. The first-order valence-corrected chi connectivity index (χ1v) is 4.32. The van der Waals surface area contributed by atoms with Gasteiger partial charge in [0.25, 0.3) is 0 Å². The first-order chi connectivity index (χ1) is 6.81. The molecule has 0 unspecified atom stereocenters. The number of pyridine rings is 1. The topological polar surface area (TPSA) is 52.3 Å². The van der Waals surface area contributed by atoms with Crippen molar-refractivity contribution in [2.24, 2.45) is 0 Å². The third-order valence-corrected chi connectivity index (χ3v) is 1.79. The monoisotopic (exact) mass is 191 g/mol. The van der Waals surface area contributed by atoms with Crippen LogP contribution in [0.5, 0.6) is 0 Å². The van der Waals surface area contributed by atoms with E-state index in [1.165, 1.54) is 6.26 Å². The van der Waals surface area contributed by atoms with Crippen molar-refractivity contribution in [3.63, 3.8) is 0 Å². The number of esters is 1. The number of fused-ring (bicyclic) bond motifs is 1. The van der Waals surface area contributed by atoms with Crippen LogP contribution in [-0.4, -0.2) is 17.6 Å². The van der Waals surface area contributed by atoms with Crippen molar-refractivity contribution >= 4 is 17.1 Å². The number of furan rings is 1. The minimum Gasteiger partial charge on any atom is -0.463 e. The minimum absolute atomic E-state index is 0.306. The van der Waals surface area contributed by atoms with Gasteiger partial charge in [0.1, 0.15) is 11.2 Å². The number of aromatic nitrogens is 1. The van der Waals surface area contributed by atoms with Crippen LogP contribution >= 0.6 is 0 Å². The molecule has 0 aliphatic rings. The lowest BCUT2D eigenvalue weighted by Crippen LogP contribution is -2.06. The third kappa shape index (κ3) is 1.46. The summed E-state index contributed by atoms with van der Waals surface area (Å²) < 4.78 is 9.92. The van der Waals surface area contributed by atoms with Crippen LogP contribution < -0.4 is 0 Å². The van der Waals surface area contributed by atoms with Crippen molar-refractivity contribution < 1.29 is 13.9 Å². The zero-order valence-electron chi connectivity index (χ0n) is 7.69. The fourth-order valence-corrected chi connectivity index (χ4v) is 1.17. The summed E-state index contributed by atoms with van der Waals surface area (Å²) >= 11 is 0. The zero-order valence-corrected chi connectivity index (χ0v) is 7.69. The number of hydrogen-bond donors (Lipinski definition) is 0. The van der Waals surface area contributed by atoms with Crippen LogP contribution in [0.3, 0.4) is 0 Å². The van der Waals surface area contributed by atoms with Crippen molar-refractivity contribution in [3.8, 4) is 0 Å². The van der Waals surface area contributed by atoms with Crippen LogP contribution in [0.1, 0.15) is 17.4 Å². The molecule has 2 rings (SSSR count). The molecule has 4 heteroatoms. The Morgan fingerprint density at radius 1 is 1.50 bits per heavy atom. The maximum Gasteiger partial charge on any atom is 0.356 e. The quantitative estimate of drug-likeness (QED) is 0.681. The molecule has 0 N–H and O–H groups in total. The van der Waals surface area contributed by atoms with Gasteiger partial charge in [0.05, 0.1) is 12.9 Å². The van der Waals surface area contributed by atoms with E-state index in [0.29, 0.717) is 23.4 Å². The van der Waals surface area contributed by atoms with E-state index in [1.807, 2.05) is 0 Å². The van der Waals surface area contributed by atoms with E-state index >= 15 is 0 Å². The van der Waals surface area contributed by atoms with Gasteiger partial charge in [-0.3, -0.25) is 0 Å². The molecule has 0 atom stereocenters. The molecular formula is C10H9NO3. The van der Waals surface area contributed by atoms with Crippen molar-refractivity contribution in [3.05, 3.63) is 30.2 Å². The molecule has 0 amide bonds. The van der Waals surface area contributed by atoms with Crippen LogP contribution in [0.25, 0.3) is 11.1 Å². The van der Waals surface area contributed by atoms with Crippen molar-refractivity contribution in [1.29, 1.82) is 0 Å². The normalized spacial score (nSPS) is 10.4. The Balaban J connectivity index is 2.38.